The molecule has 0 heterocycles. The summed E-state index contributed by atoms with van der Waals surface area (Å²) in [6, 6.07) is 0. The molecule has 0 aromatic carbocycles. The summed E-state index contributed by atoms with van der Waals surface area (Å²) in [6.45, 7) is 1.53. The molecular formula is C4H9Cl4NO2. The summed E-state index contributed by atoms with van der Waals surface area (Å²) in [5.74, 6) is 0. The molecule has 3 nitrogen and oxygen atoms in total. The SMILES string of the molecule is C.CC[N+](=O)[O-].ClC(Cl)(Cl)Cl. The van der Waals surface area contributed by atoms with E-state index in [0.29, 0.717) is 0 Å². The van der Waals surface area contributed by atoms with Crippen molar-refractivity contribution in [2.75, 3.05) is 6.54 Å². The van der Waals surface area contributed by atoms with Crippen molar-refractivity contribution in [3.8, 4) is 0 Å². The highest BCUT2D eigenvalue weighted by molar-refractivity contribution is 6.83. The van der Waals surface area contributed by atoms with Gasteiger partial charge in [0.1, 0.15) is 0 Å². The summed E-state index contributed by atoms with van der Waals surface area (Å²) in [4.78, 5) is 8.80. The van der Waals surface area contributed by atoms with Crippen LogP contribution >= 0.6 is 46.4 Å². The molecule has 0 radical (unpaired) electrons. The Morgan fingerprint density at radius 2 is 1.45 bits per heavy atom. The molecule has 0 saturated carbocycles. The lowest BCUT2D eigenvalue weighted by atomic mass is 10.8. The third kappa shape index (κ3) is 118. The van der Waals surface area contributed by atoms with E-state index in [2.05, 4.69) is 0 Å². The van der Waals surface area contributed by atoms with Gasteiger partial charge in [0.25, 0.3) is 3.25 Å². The Morgan fingerprint density at radius 1 is 1.36 bits per heavy atom. The summed E-state index contributed by atoms with van der Waals surface area (Å²) in [7, 11) is 0. The van der Waals surface area contributed by atoms with Crippen molar-refractivity contribution < 1.29 is 4.92 Å². The highest BCUT2D eigenvalue weighted by atomic mass is 35.6. The summed E-state index contributed by atoms with van der Waals surface area (Å²) in [5.41, 5.74) is 0. The monoisotopic (exact) mass is 243 g/mol. The van der Waals surface area contributed by atoms with E-state index in [1.54, 1.807) is 0 Å². The fourth-order valence-electron chi connectivity index (χ4n) is 0. The van der Waals surface area contributed by atoms with Gasteiger partial charge in [-0.2, -0.15) is 0 Å². The van der Waals surface area contributed by atoms with Crippen molar-refractivity contribution in [2.24, 2.45) is 0 Å². The molecule has 0 aliphatic heterocycles. The minimum absolute atomic E-state index is 0. The molecule has 0 aromatic rings. The van der Waals surface area contributed by atoms with Crippen molar-refractivity contribution in [3.05, 3.63) is 10.1 Å². The van der Waals surface area contributed by atoms with Crippen LogP contribution < -0.4 is 0 Å². The van der Waals surface area contributed by atoms with E-state index < -0.39 is 3.25 Å². The number of halogens is 4. The number of rotatable bonds is 1. The Balaban J connectivity index is -0.000000107. The quantitative estimate of drug-likeness (QED) is 0.403. The first kappa shape index (κ1) is 17.6. The molecule has 0 saturated heterocycles. The van der Waals surface area contributed by atoms with Crippen molar-refractivity contribution in [3.63, 3.8) is 0 Å². The molecular weight excluding hydrogens is 236 g/mol. The second-order valence-electron chi connectivity index (χ2n) is 1.08. The Hall–Kier alpha value is 0.560. The maximum atomic E-state index is 9.17. The topological polar surface area (TPSA) is 43.1 Å². The van der Waals surface area contributed by atoms with Gasteiger partial charge in [-0.1, -0.05) is 53.8 Å². The lowest BCUT2D eigenvalue weighted by molar-refractivity contribution is -0.475. The summed E-state index contributed by atoms with van der Waals surface area (Å²) < 4.78 is -1.61. The smallest absolute Gasteiger partial charge is 0.265 e. The molecule has 0 fully saturated rings. The van der Waals surface area contributed by atoms with Gasteiger partial charge in [0.2, 0.25) is 6.54 Å². The average Bonchev–Trinajstić information content (AvgIpc) is 1.61. The van der Waals surface area contributed by atoms with Crippen molar-refractivity contribution in [2.45, 2.75) is 17.6 Å². The molecule has 7 heteroatoms. The minimum atomic E-state index is -1.61. The van der Waals surface area contributed by atoms with Crippen molar-refractivity contribution in [1.82, 2.24) is 0 Å². The molecule has 0 N–H and O–H groups in total. The lowest BCUT2D eigenvalue weighted by Gasteiger charge is -1.91. The molecule has 0 spiro atoms. The zero-order valence-corrected chi connectivity index (χ0v) is 8.01. The molecule has 0 aromatic heterocycles. The van der Waals surface area contributed by atoms with Gasteiger partial charge in [0.15, 0.2) is 0 Å². The zero-order valence-electron chi connectivity index (χ0n) is 4.98. The molecule has 0 amide bonds. The number of nitro groups is 1. The summed E-state index contributed by atoms with van der Waals surface area (Å²) >= 11 is 19.3. The number of nitrogens with zero attached hydrogens (tertiary/aromatic N) is 1. The largest absolute Gasteiger partial charge is 0.266 e. The minimum Gasteiger partial charge on any atom is -0.265 e. The van der Waals surface area contributed by atoms with Crippen LogP contribution in [0.2, 0.25) is 0 Å². The van der Waals surface area contributed by atoms with E-state index in [4.69, 9.17) is 46.4 Å². The van der Waals surface area contributed by atoms with E-state index in [1.165, 1.54) is 6.92 Å². The second kappa shape index (κ2) is 8.65. The number of alkyl halides is 4. The van der Waals surface area contributed by atoms with E-state index >= 15 is 0 Å². The van der Waals surface area contributed by atoms with Crippen LogP contribution in [0.5, 0.6) is 0 Å². The predicted octanol–water partition coefficient (Wildman–Crippen LogP) is 3.47. The van der Waals surface area contributed by atoms with E-state index in [1.807, 2.05) is 0 Å². The lowest BCUT2D eigenvalue weighted by Crippen LogP contribution is -1.92. The Morgan fingerprint density at radius 3 is 1.45 bits per heavy atom. The Bertz CT molecular complexity index is 96.8. The molecule has 70 valence electrons. The van der Waals surface area contributed by atoms with Crippen LogP contribution in [-0.4, -0.2) is 14.7 Å². The second-order valence-corrected chi connectivity index (χ2v) is 4.51. The molecule has 11 heavy (non-hydrogen) atoms. The van der Waals surface area contributed by atoms with E-state index in [0.717, 1.165) is 0 Å². The predicted molar refractivity (Wildman–Crippen MR) is 50.4 cm³/mol. The standard InChI is InChI=1S/C2H5NO2.CCl4.CH4/c1-2-3(4)5;2-1(3,4)5;/h2H2,1H3;;1H4. The van der Waals surface area contributed by atoms with Gasteiger partial charge < -0.3 is 0 Å². The number of hydrogen-bond donors (Lipinski definition) is 0. The van der Waals surface area contributed by atoms with Gasteiger partial charge >= 0.3 is 0 Å². The van der Waals surface area contributed by atoms with Gasteiger partial charge in [-0.15, -0.1) is 0 Å². The van der Waals surface area contributed by atoms with E-state index in [-0.39, 0.29) is 18.9 Å². The first-order valence-electron chi connectivity index (χ1n) is 2.14. The molecule has 0 aliphatic rings. The van der Waals surface area contributed by atoms with Gasteiger partial charge in [-0.3, -0.25) is 10.1 Å². The maximum absolute atomic E-state index is 9.17. The summed E-state index contributed by atoms with van der Waals surface area (Å²) in [5, 5.41) is 9.17. The third-order valence-electron chi connectivity index (χ3n) is 0.258. The fraction of sp³-hybridized carbons (Fsp3) is 1.00. The maximum Gasteiger partial charge on any atom is 0.266 e. The highest BCUT2D eigenvalue weighted by Crippen LogP contribution is 2.29. The van der Waals surface area contributed by atoms with Crippen LogP contribution in [0.15, 0.2) is 0 Å². The first-order valence-corrected chi connectivity index (χ1v) is 3.66. The normalized spacial score (nSPS) is 8.82. The fourth-order valence-corrected chi connectivity index (χ4v) is 0. The molecule has 0 aliphatic carbocycles. The number of hydrogen-bond acceptors (Lipinski definition) is 2. The molecule has 0 atom stereocenters. The third-order valence-corrected chi connectivity index (χ3v) is 0.258. The molecule has 0 bridgehead atoms. The average molecular weight is 245 g/mol. The van der Waals surface area contributed by atoms with Gasteiger partial charge in [-0.05, 0) is 0 Å². The van der Waals surface area contributed by atoms with E-state index in [9.17, 15) is 10.1 Å². The van der Waals surface area contributed by atoms with Crippen LogP contribution in [-0.2, 0) is 0 Å². The van der Waals surface area contributed by atoms with Crippen molar-refractivity contribution >= 4 is 46.4 Å². The van der Waals surface area contributed by atoms with Gasteiger partial charge in [0.05, 0.1) is 0 Å². The van der Waals surface area contributed by atoms with Crippen LogP contribution in [0, 0.1) is 10.1 Å². The van der Waals surface area contributed by atoms with Crippen LogP contribution in [0.25, 0.3) is 0 Å². The molecule has 0 rings (SSSR count). The zero-order chi connectivity index (χ0) is 8.78. The highest BCUT2D eigenvalue weighted by Gasteiger charge is 2.11. The Kier molecular flexibility index (Phi) is 13.8. The van der Waals surface area contributed by atoms with Crippen molar-refractivity contribution in [1.29, 1.82) is 0 Å². The Labute approximate surface area is 85.7 Å². The van der Waals surface area contributed by atoms with Crippen LogP contribution in [0.4, 0.5) is 0 Å². The van der Waals surface area contributed by atoms with Gasteiger partial charge in [-0.25, -0.2) is 0 Å². The van der Waals surface area contributed by atoms with Crippen LogP contribution in [0.3, 0.4) is 0 Å². The van der Waals surface area contributed by atoms with Gasteiger partial charge in [0, 0.05) is 11.8 Å². The first-order chi connectivity index (χ1) is 4.27. The van der Waals surface area contributed by atoms with Crippen LogP contribution in [0.1, 0.15) is 14.4 Å². The molecule has 0 unspecified atom stereocenters. The summed E-state index contributed by atoms with van der Waals surface area (Å²) in [6.07, 6.45) is 0.